The lowest BCUT2D eigenvalue weighted by molar-refractivity contribution is -0.128. The molecule has 0 saturated carbocycles. The minimum Gasteiger partial charge on any atom is -0.452 e. The maximum Gasteiger partial charge on any atom is 0.338 e. The van der Waals surface area contributed by atoms with Crippen LogP contribution in [0, 0.1) is 0 Å². The van der Waals surface area contributed by atoms with Gasteiger partial charge in [-0.05, 0) is 36.6 Å². The third kappa shape index (κ3) is 7.87. The molecule has 0 spiro atoms. The Hall–Kier alpha value is -3.00. The number of rotatable bonds is 9. The van der Waals surface area contributed by atoms with Crippen LogP contribution in [0.2, 0.25) is 0 Å². The van der Waals surface area contributed by atoms with Crippen molar-refractivity contribution < 1.29 is 27.5 Å². The third-order valence-electron chi connectivity index (χ3n) is 4.03. The van der Waals surface area contributed by atoms with Gasteiger partial charge in [-0.25, -0.2) is 13.2 Å². The molecule has 0 aromatic heterocycles. The second-order valence-corrected chi connectivity index (χ2v) is 8.91. The maximum absolute atomic E-state index is 12.2. The Kier molecular flexibility index (Phi) is 7.67. The molecule has 0 aliphatic heterocycles. The molecule has 7 nitrogen and oxygen atoms in total. The number of carbonyl (C=O) groups is 3. The molecule has 0 aliphatic carbocycles. The molecule has 0 saturated heterocycles. The summed E-state index contributed by atoms with van der Waals surface area (Å²) in [7, 11) is -3.24. The number of amides is 1. The van der Waals surface area contributed by atoms with Gasteiger partial charge in [0.15, 0.2) is 22.2 Å². The summed E-state index contributed by atoms with van der Waals surface area (Å²) in [4.78, 5) is 36.1. The molecule has 154 valence electrons. The van der Waals surface area contributed by atoms with E-state index in [0.29, 0.717) is 12.0 Å². The van der Waals surface area contributed by atoms with Crippen molar-refractivity contribution in [1.29, 1.82) is 0 Å². The van der Waals surface area contributed by atoms with Gasteiger partial charge in [0.2, 0.25) is 0 Å². The van der Waals surface area contributed by atoms with Crippen molar-refractivity contribution in [2.75, 3.05) is 12.9 Å². The summed E-state index contributed by atoms with van der Waals surface area (Å²) in [5.74, 6) is -1.75. The van der Waals surface area contributed by atoms with Crippen LogP contribution in [0.15, 0.2) is 54.6 Å². The molecule has 2 aromatic carbocycles. The SMILES string of the molecule is CC(=O)[C@@H](Cc1ccccc1)NC(=O)COC(=O)c1cccc(CS(C)(=O)=O)c1. The highest BCUT2D eigenvalue weighted by molar-refractivity contribution is 7.89. The first-order chi connectivity index (χ1) is 13.6. The molecule has 2 aromatic rings. The Balaban J connectivity index is 1.93. The van der Waals surface area contributed by atoms with E-state index >= 15 is 0 Å². The molecule has 0 unspecified atom stereocenters. The smallest absolute Gasteiger partial charge is 0.338 e. The molecule has 0 radical (unpaired) electrons. The lowest BCUT2D eigenvalue weighted by Gasteiger charge is -2.16. The predicted molar refractivity (Wildman–Crippen MR) is 108 cm³/mol. The second-order valence-electron chi connectivity index (χ2n) is 6.77. The van der Waals surface area contributed by atoms with Gasteiger partial charge < -0.3 is 10.1 Å². The zero-order chi connectivity index (χ0) is 21.4. The fourth-order valence-corrected chi connectivity index (χ4v) is 3.47. The van der Waals surface area contributed by atoms with E-state index in [2.05, 4.69) is 5.32 Å². The molecule has 2 rings (SSSR count). The number of carbonyl (C=O) groups excluding carboxylic acids is 3. The lowest BCUT2D eigenvalue weighted by atomic mass is 10.0. The van der Waals surface area contributed by atoms with E-state index in [4.69, 9.17) is 4.74 Å². The van der Waals surface area contributed by atoms with E-state index < -0.39 is 34.4 Å². The molecule has 29 heavy (non-hydrogen) atoms. The van der Waals surface area contributed by atoms with Crippen molar-refractivity contribution >= 4 is 27.5 Å². The first kappa shape index (κ1) is 22.3. The number of ketones is 1. The van der Waals surface area contributed by atoms with Gasteiger partial charge in [0.05, 0.1) is 17.4 Å². The summed E-state index contributed by atoms with van der Waals surface area (Å²) < 4.78 is 27.8. The fraction of sp³-hybridized carbons (Fsp3) is 0.286. The zero-order valence-corrected chi connectivity index (χ0v) is 17.1. The Labute approximate surface area is 170 Å². The molecule has 1 amide bonds. The average Bonchev–Trinajstić information content (AvgIpc) is 2.65. The van der Waals surface area contributed by atoms with Crippen LogP contribution in [0.25, 0.3) is 0 Å². The monoisotopic (exact) mass is 417 g/mol. The number of esters is 1. The largest absolute Gasteiger partial charge is 0.452 e. The van der Waals surface area contributed by atoms with E-state index in [1.54, 1.807) is 12.1 Å². The van der Waals surface area contributed by atoms with Crippen molar-refractivity contribution in [3.05, 3.63) is 71.3 Å². The first-order valence-corrected chi connectivity index (χ1v) is 11.0. The Morgan fingerprint density at radius 1 is 1.00 bits per heavy atom. The average molecular weight is 417 g/mol. The second kappa shape index (κ2) is 9.97. The molecule has 1 atom stereocenters. The fourth-order valence-electron chi connectivity index (χ4n) is 2.69. The number of hydrogen-bond acceptors (Lipinski definition) is 6. The van der Waals surface area contributed by atoms with Crippen molar-refractivity contribution in [3.63, 3.8) is 0 Å². The topological polar surface area (TPSA) is 107 Å². The number of ether oxygens (including phenoxy) is 1. The Morgan fingerprint density at radius 2 is 1.66 bits per heavy atom. The van der Waals surface area contributed by atoms with Gasteiger partial charge in [0.1, 0.15) is 0 Å². The van der Waals surface area contributed by atoms with E-state index in [1.165, 1.54) is 19.1 Å². The van der Waals surface area contributed by atoms with Crippen molar-refractivity contribution in [2.24, 2.45) is 0 Å². The Morgan fingerprint density at radius 3 is 2.28 bits per heavy atom. The third-order valence-corrected chi connectivity index (χ3v) is 4.89. The number of Topliss-reactive ketones (excluding diaryl/α,β-unsaturated/α-hetero) is 1. The van der Waals surface area contributed by atoms with Gasteiger partial charge in [-0.3, -0.25) is 9.59 Å². The normalized spacial score (nSPS) is 12.1. The van der Waals surface area contributed by atoms with E-state index in [0.717, 1.165) is 11.8 Å². The summed E-state index contributed by atoms with van der Waals surface area (Å²) in [5, 5.41) is 2.57. The first-order valence-electron chi connectivity index (χ1n) is 8.91. The number of hydrogen-bond donors (Lipinski definition) is 1. The molecule has 0 heterocycles. The molecule has 0 fully saturated rings. The summed E-state index contributed by atoms with van der Waals surface area (Å²) in [6.45, 7) is 0.834. The highest BCUT2D eigenvalue weighted by Gasteiger charge is 2.19. The van der Waals surface area contributed by atoms with Crippen molar-refractivity contribution in [1.82, 2.24) is 5.32 Å². The highest BCUT2D eigenvalue weighted by Crippen LogP contribution is 2.10. The van der Waals surface area contributed by atoms with Crippen molar-refractivity contribution in [2.45, 2.75) is 25.1 Å². The molecule has 8 heteroatoms. The standard InChI is InChI=1S/C21H23NO6S/c1-15(23)19(12-16-7-4-3-5-8-16)22-20(24)13-28-21(25)18-10-6-9-17(11-18)14-29(2,26)27/h3-11,19H,12-14H2,1-2H3,(H,22,24)/t19-/m1/s1. The number of benzene rings is 2. The molecular formula is C21H23NO6S. The van der Waals surface area contributed by atoms with Crippen molar-refractivity contribution in [3.8, 4) is 0 Å². The maximum atomic E-state index is 12.2. The minimum atomic E-state index is -3.24. The summed E-state index contributed by atoms with van der Waals surface area (Å²) >= 11 is 0. The van der Waals surface area contributed by atoms with Crippen LogP contribution in [-0.2, 0) is 36.3 Å². The quantitative estimate of drug-likeness (QED) is 0.623. The van der Waals surface area contributed by atoms with Crippen LogP contribution in [-0.4, -0.2) is 45.0 Å². The van der Waals surface area contributed by atoms with Crippen LogP contribution in [0.5, 0.6) is 0 Å². The minimum absolute atomic E-state index is 0.145. The van der Waals surface area contributed by atoms with Gasteiger partial charge in [-0.1, -0.05) is 42.5 Å². The van der Waals surface area contributed by atoms with Crippen LogP contribution >= 0.6 is 0 Å². The van der Waals surface area contributed by atoms with Gasteiger partial charge in [0.25, 0.3) is 5.91 Å². The molecule has 1 N–H and O–H groups in total. The van der Waals surface area contributed by atoms with Crippen LogP contribution in [0.4, 0.5) is 0 Å². The van der Waals surface area contributed by atoms with E-state index in [-0.39, 0.29) is 17.1 Å². The van der Waals surface area contributed by atoms with Gasteiger partial charge in [-0.15, -0.1) is 0 Å². The van der Waals surface area contributed by atoms with E-state index in [9.17, 15) is 22.8 Å². The summed E-state index contributed by atoms with van der Waals surface area (Å²) in [6.07, 6.45) is 1.44. The number of nitrogens with one attached hydrogen (secondary N) is 1. The highest BCUT2D eigenvalue weighted by atomic mass is 32.2. The van der Waals surface area contributed by atoms with Crippen LogP contribution < -0.4 is 5.32 Å². The Bertz CT molecular complexity index is 985. The van der Waals surface area contributed by atoms with E-state index in [1.807, 2.05) is 30.3 Å². The number of sulfone groups is 1. The van der Waals surface area contributed by atoms with Crippen LogP contribution in [0.1, 0.15) is 28.4 Å². The van der Waals surface area contributed by atoms with Gasteiger partial charge >= 0.3 is 5.97 Å². The molecule has 0 bridgehead atoms. The van der Waals surface area contributed by atoms with Crippen LogP contribution in [0.3, 0.4) is 0 Å². The lowest BCUT2D eigenvalue weighted by Crippen LogP contribution is -2.43. The zero-order valence-electron chi connectivity index (χ0n) is 16.3. The molecule has 0 aliphatic rings. The summed E-state index contributed by atoms with van der Waals surface area (Å²) in [5.41, 5.74) is 1.49. The van der Waals surface area contributed by atoms with Gasteiger partial charge in [-0.2, -0.15) is 0 Å². The summed E-state index contributed by atoms with van der Waals surface area (Å²) in [6, 6.07) is 14.5. The molecular weight excluding hydrogens is 394 g/mol. The predicted octanol–water partition coefficient (Wildman–Crippen LogP) is 1.70. The van der Waals surface area contributed by atoms with Gasteiger partial charge in [0, 0.05) is 6.26 Å².